The number of rotatable bonds is 6. The molecule has 0 saturated heterocycles. The summed E-state index contributed by atoms with van der Waals surface area (Å²) in [6.07, 6.45) is 0.757. The summed E-state index contributed by atoms with van der Waals surface area (Å²) in [5.41, 5.74) is 3.46. The van der Waals surface area contributed by atoms with Crippen molar-refractivity contribution in [2.24, 2.45) is 0 Å². The van der Waals surface area contributed by atoms with E-state index in [2.05, 4.69) is 10.1 Å². The molecule has 0 atom stereocenters. The molecule has 1 aromatic carbocycles. The maximum absolute atomic E-state index is 13.0. The maximum Gasteiger partial charge on any atom is 0.350 e. The SMILES string of the molecule is CCOC(=O)c1sc(-c2cc(C)n(CCc3ccc(F)cc3)n2)nc1C. The van der Waals surface area contributed by atoms with Gasteiger partial charge in [-0.05, 0) is 51.0 Å². The second kappa shape index (κ2) is 7.78. The first-order valence-corrected chi connectivity index (χ1v) is 9.23. The maximum atomic E-state index is 13.0. The van der Waals surface area contributed by atoms with Gasteiger partial charge in [0.1, 0.15) is 21.4 Å². The van der Waals surface area contributed by atoms with Crippen LogP contribution in [0.4, 0.5) is 4.39 Å². The minimum absolute atomic E-state index is 0.233. The van der Waals surface area contributed by atoms with Gasteiger partial charge in [-0.15, -0.1) is 11.3 Å². The van der Waals surface area contributed by atoms with Crippen molar-refractivity contribution in [3.8, 4) is 10.7 Å². The van der Waals surface area contributed by atoms with Crippen LogP contribution >= 0.6 is 11.3 Å². The van der Waals surface area contributed by atoms with Gasteiger partial charge in [-0.2, -0.15) is 5.10 Å². The van der Waals surface area contributed by atoms with Crippen molar-refractivity contribution >= 4 is 17.3 Å². The molecule has 3 rings (SSSR count). The van der Waals surface area contributed by atoms with E-state index < -0.39 is 0 Å². The second-order valence-electron chi connectivity index (χ2n) is 5.92. The molecule has 0 unspecified atom stereocenters. The van der Waals surface area contributed by atoms with Crippen molar-refractivity contribution in [1.29, 1.82) is 0 Å². The summed E-state index contributed by atoms with van der Waals surface area (Å²) >= 11 is 1.30. The Morgan fingerprint density at radius 2 is 2.00 bits per heavy atom. The predicted molar refractivity (Wildman–Crippen MR) is 98.9 cm³/mol. The first kappa shape index (κ1) is 18.3. The van der Waals surface area contributed by atoms with E-state index in [0.717, 1.165) is 23.4 Å². The summed E-state index contributed by atoms with van der Waals surface area (Å²) in [7, 11) is 0. The molecule has 7 heteroatoms. The van der Waals surface area contributed by atoms with E-state index in [1.54, 1.807) is 26.0 Å². The van der Waals surface area contributed by atoms with Gasteiger partial charge in [-0.3, -0.25) is 4.68 Å². The summed E-state index contributed by atoms with van der Waals surface area (Å²) in [6, 6.07) is 8.45. The van der Waals surface area contributed by atoms with Crippen LogP contribution in [-0.4, -0.2) is 27.3 Å². The van der Waals surface area contributed by atoms with Crippen LogP contribution in [0.3, 0.4) is 0 Å². The zero-order valence-corrected chi connectivity index (χ0v) is 15.8. The third kappa shape index (κ3) is 3.99. The van der Waals surface area contributed by atoms with E-state index in [9.17, 15) is 9.18 Å². The fraction of sp³-hybridized carbons (Fsp3) is 0.316. The molecule has 5 nitrogen and oxygen atoms in total. The highest BCUT2D eigenvalue weighted by atomic mass is 32.1. The van der Waals surface area contributed by atoms with Crippen molar-refractivity contribution in [1.82, 2.24) is 14.8 Å². The van der Waals surface area contributed by atoms with Crippen LogP contribution in [-0.2, 0) is 17.7 Å². The number of aromatic nitrogens is 3. The topological polar surface area (TPSA) is 57.0 Å². The van der Waals surface area contributed by atoms with Crippen LogP contribution in [0.5, 0.6) is 0 Å². The molecule has 2 heterocycles. The summed E-state index contributed by atoms with van der Waals surface area (Å²) in [5.74, 6) is -0.580. The van der Waals surface area contributed by atoms with Crippen LogP contribution < -0.4 is 0 Å². The standard InChI is InChI=1S/C19H20FN3O2S/c1-4-25-19(24)17-13(3)21-18(26-17)16-11-12(2)23(22-16)10-9-14-5-7-15(20)8-6-14/h5-8,11H,4,9-10H2,1-3H3. The molecule has 0 aliphatic carbocycles. The highest BCUT2D eigenvalue weighted by molar-refractivity contribution is 7.17. The Kier molecular flexibility index (Phi) is 5.46. The number of halogens is 1. The first-order valence-electron chi connectivity index (χ1n) is 8.41. The molecular formula is C19H20FN3O2S. The number of hydrogen-bond donors (Lipinski definition) is 0. The van der Waals surface area contributed by atoms with Gasteiger partial charge in [0.2, 0.25) is 0 Å². The lowest BCUT2D eigenvalue weighted by molar-refractivity contribution is 0.0531. The number of esters is 1. The lowest BCUT2D eigenvalue weighted by Crippen LogP contribution is -2.05. The zero-order chi connectivity index (χ0) is 18.7. The molecule has 0 saturated carbocycles. The fourth-order valence-electron chi connectivity index (χ4n) is 2.62. The third-order valence-corrected chi connectivity index (χ3v) is 5.14. The summed E-state index contributed by atoms with van der Waals surface area (Å²) < 4.78 is 20.0. The molecule has 0 radical (unpaired) electrons. The highest BCUT2D eigenvalue weighted by Crippen LogP contribution is 2.28. The van der Waals surface area contributed by atoms with E-state index in [1.807, 2.05) is 17.7 Å². The van der Waals surface area contributed by atoms with Crippen LogP contribution in [0.1, 0.15) is 33.5 Å². The van der Waals surface area contributed by atoms with Crippen molar-refractivity contribution < 1.29 is 13.9 Å². The highest BCUT2D eigenvalue weighted by Gasteiger charge is 2.19. The van der Waals surface area contributed by atoms with Gasteiger partial charge >= 0.3 is 5.97 Å². The smallest absolute Gasteiger partial charge is 0.350 e. The van der Waals surface area contributed by atoms with Gasteiger partial charge in [0.15, 0.2) is 0 Å². The van der Waals surface area contributed by atoms with Crippen molar-refractivity contribution in [3.05, 3.63) is 58.0 Å². The molecule has 0 amide bonds. The van der Waals surface area contributed by atoms with Crippen LogP contribution in [0.15, 0.2) is 30.3 Å². The lowest BCUT2D eigenvalue weighted by atomic mass is 10.1. The largest absolute Gasteiger partial charge is 0.462 e. The summed E-state index contributed by atoms with van der Waals surface area (Å²) in [5, 5.41) is 5.31. The summed E-state index contributed by atoms with van der Waals surface area (Å²) in [6.45, 7) is 6.58. The van der Waals surface area contributed by atoms with E-state index >= 15 is 0 Å². The Morgan fingerprint density at radius 3 is 2.69 bits per heavy atom. The second-order valence-corrected chi connectivity index (χ2v) is 6.92. The molecule has 0 fully saturated rings. The Morgan fingerprint density at radius 1 is 1.27 bits per heavy atom. The Bertz CT molecular complexity index is 916. The molecule has 0 aliphatic heterocycles. The molecule has 3 aromatic rings. The quantitative estimate of drug-likeness (QED) is 0.608. The molecule has 136 valence electrons. The lowest BCUT2D eigenvalue weighted by Gasteiger charge is -2.04. The van der Waals surface area contributed by atoms with Crippen LogP contribution in [0.25, 0.3) is 10.7 Å². The number of ether oxygens (including phenoxy) is 1. The van der Waals surface area contributed by atoms with E-state index in [-0.39, 0.29) is 11.8 Å². The number of benzene rings is 1. The van der Waals surface area contributed by atoms with E-state index in [1.165, 1.54) is 23.5 Å². The van der Waals surface area contributed by atoms with Crippen LogP contribution in [0.2, 0.25) is 0 Å². The van der Waals surface area contributed by atoms with Gasteiger partial charge in [0, 0.05) is 12.2 Å². The average molecular weight is 373 g/mol. The molecule has 26 heavy (non-hydrogen) atoms. The van der Waals surface area contributed by atoms with Gasteiger partial charge in [0.25, 0.3) is 0 Å². The van der Waals surface area contributed by atoms with Gasteiger partial charge in [0.05, 0.1) is 12.3 Å². The van der Waals surface area contributed by atoms with Crippen molar-refractivity contribution in [3.63, 3.8) is 0 Å². The predicted octanol–water partition coefficient (Wildman–Crippen LogP) is 4.18. The summed E-state index contributed by atoms with van der Waals surface area (Å²) in [4.78, 5) is 16.9. The molecule has 0 aliphatic rings. The minimum Gasteiger partial charge on any atom is -0.462 e. The normalized spacial score (nSPS) is 10.9. The van der Waals surface area contributed by atoms with E-state index in [0.29, 0.717) is 28.7 Å². The number of hydrogen-bond acceptors (Lipinski definition) is 5. The monoisotopic (exact) mass is 373 g/mol. The number of aryl methyl sites for hydroxylation is 4. The van der Waals surface area contributed by atoms with Crippen LogP contribution in [0, 0.1) is 19.7 Å². The Hall–Kier alpha value is -2.54. The van der Waals surface area contributed by atoms with Gasteiger partial charge in [-0.1, -0.05) is 12.1 Å². The van der Waals surface area contributed by atoms with Crippen molar-refractivity contribution in [2.75, 3.05) is 6.61 Å². The number of nitrogens with zero attached hydrogens (tertiary/aromatic N) is 3. The molecular weight excluding hydrogens is 353 g/mol. The first-order chi connectivity index (χ1) is 12.5. The molecule has 0 spiro atoms. The number of carbonyl (C=O) groups is 1. The van der Waals surface area contributed by atoms with Gasteiger partial charge < -0.3 is 4.74 Å². The molecule has 0 bridgehead atoms. The van der Waals surface area contributed by atoms with Crippen molar-refractivity contribution in [2.45, 2.75) is 33.7 Å². The van der Waals surface area contributed by atoms with E-state index in [4.69, 9.17) is 4.74 Å². The number of thiazole rings is 1. The fourth-order valence-corrected chi connectivity index (χ4v) is 3.53. The Labute approximate surface area is 155 Å². The molecule has 2 aromatic heterocycles. The Balaban J connectivity index is 1.76. The zero-order valence-electron chi connectivity index (χ0n) is 15.0. The minimum atomic E-state index is -0.346. The average Bonchev–Trinajstić information content (AvgIpc) is 3.17. The molecule has 0 N–H and O–H groups in total. The third-order valence-electron chi connectivity index (χ3n) is 3.98. The van der Waals surface area contributed by atoms with Gasteiger partial charge in [-0.25, -0.2) is 14.2 Å². The number of carbonyl (C=O) groups excluding carboxylic acids is 1.